The molecule has 0 atom stereocenters. The highest BCUT2D eigenvalue weighted by atomic mass is 32.2. The van der Waals surface area contributed by atoms with Gasteiger partial charge in [-0.1, -0.05) is 12.1 Å². The second-order valence-corrected chi connectivity index (χ2v) is 4.98. The Morgan fingerprint density at radius 2 is 1.25 bits per heavy atom. The molecular weight excluding hydrogens is 286 g/mol. The van der Waals surface area contributed by atoms with E-state index in [0.29, 0.717) is 11.1 Å². The Morgan fingerprint density at radius 3 is 1.60 bits per heavy atom. The molecule has 6 heteroatoms. The maximum atomic E-state index is 13.5. The van der Waals surface area contributed by atoms with Crippen LogP contribution in [-0.2, 0) is 11.4 Å². The standard InChI is InChI=1S/C14H12F2O3S/c1-9-3-5-13(11(15)7-9)18-20(17)19-14-6-4-10(2)8-12(14)16/h3-8H,1-2H3. The summed E-state index contributed by atoms with van der Waals surface area (Å²) in [5.41, 5.74) is 1.40. The van der Waals surface area contributed by atoms with Crippen molar-refractivity contribution in [1.29, 1.82) is 0 Å². The second-order valence-electron chi connectivity index (χ2n) is 4.24. The Labute approximate surface area is 118 Å². The topological polar surface area (TPSA) is 35.5 Å². The number of hydrogen-bond acceptors (Lipinski definition) is 3. The lowest BCUT2D eigenvalue weighted by Crippen LogP contribution is -2.10. The molecule has 0 unspecified atom stereocenters. The monoisotopic (exact) mass is 298 g/mol. The van der Waals surface area contributed by atoms with Gasteiger partial charge in [-0.3, -0.25) is 0 Å². The van der Waals surface area contributed by atoms with Gasteiger partial charge >= 0.3 is 11.4 Å². The summed E-state index contributed by atoms with van der Waals surface area (Å²) in [5, 5.41) is 0. The number of rotatable bonds is 4. The minimum atomic E-state index is -2.34. The number of halogens is 2. The summed E-state index contributed by atoms with van der Waals surface area (Å²) in [6.45, 7) is 3.42. The van der Waals surface area contributed by atoms with Crippen molar-refractivity contribution in [2.45, 2.75) is 13.8 Å². The number of benzene rings is 2. The third-order valence-corrected chi connectivity index (χ3v) is 3.12. The summed E-state index contributed by atoms with van der Waals surface area (Å²) >= 11 is -2.34. The van der Waals surface area contributed by atoms with E-state index in [0.717, 1.165) is 0 Å². The van der Waals surface area contributed by atoms with Gasteiger partial charge in [-0.05, 0) is 49.2 Å². The summed E-state index contributed by atoms with van der Waals surface area (Å²) in [6.07, 6.45) is 0. The van der Waals surface area contributed by atoms with Gasteiger partial charge in [0.05, 0.1) is 0 Å². The average Bonchev–Trinajstić information content (AvgIpc) is 2.36. The van der Waals surface area contributed by atoms with Crippen LogP contribution in [-0.4, -0.2) is 4.21 Å². The fourth-order valence-corrected chi connectivity index (χ4v) is 2.11. The summed E-state index contributed by atoms with van der Waals surface area (Å²) in [7, 11) is 0. The summed E-state index contributed by atoms with van der Waals surface area (Å²) in [6, 6.07) is 8.33. The van der Waals surface area contributed by atoms with E-state index in [4.69, 9.17) is 8.37 Å². The van der Waals surface area contributed by atoms with Crippen LogP contribution in [0.5, 0.6) is 11.5 Å². The Morgan fingerprint density at radius 1 is 0.850 bits per heavy atom. The van der Waals surface area contributed by atoms with Gasteiger partial charge < -0.3 is 8.37 Å². The molecule has 0 aliphatic rings. The summed E-state index contributed by atoms with van der Waals surface area (Å²) in [4.78, 5) is 0. The highest BCUT2D eigenvalue weighted by Crippen LogP contribution is 2.22. The van der Waals surface area contributed by atoms with Crippen LogP contribution >= 0.6 is 0 Å². The van der Waals surface area contributed by atoms with Crippen molar-refractivity contribution in [2.24, 2.45) is 0 Å². The molecule has 0 bridgehead atoms. The molecule has 0 N–H and O–H groups in total. The van der Waals surface area contributed by atoms with Crippen LogP contribution in [0.1, 0.15) is 11.1 Å². The van der Waals surface area contributed by atoms with E-state index in [-0.39, 0.29) is 11.5 Å². The molecule has 0 fully saturated rings. The molecule has 0 spiro atoms. The van der Waals surface area contributed by atoms with Crippen molar-refractivity contribution in [3.63, 3.8) is 0 Å². The molecule has 0 radical (unpaired) electrons. The van der Waals surface area contributed by atoms with Gasteiger partial charge in [0.1, 0.15) is 0 Å². The molecule has 0 aliphatic carbocycles. The number of hydrogen-bond donors (Lipinski definition) is 0. The van der Waals surface area contributed by atoms with Crippen LogP contribution < -0.4 is 8.37 Å². The Hall–Kier alpha value is -1.95. The van der Waals surface area contributed by atoms with E-state index in [1.165, 1.54) is 24.3 Å². The Balaban J connectivity index is 2.09. The molecule has 2 rings (SSSR count). The van der Waals surface area contributed by atoms with Gasteiger partial charge in [0.2, 0.25) is 0 Å². The Kier molecular flexibility index (Phi) is 4.34. The van der Waals surface area contributed by atoms with Crippen LogP contribution in [0.3, 0.4) is 0 Å². The quantitative estimate of drug-likeness (QED) is 0.865. The molecule has 0 saturated carbocycles. The van der Waals surface area contributed by atoms with E-state index in [2.05, 4.69) is 0 Å². The molecule has 2 aromatic rings. The van der Waals surface area contributed by atoms with Gasteiger partial charge in [-0.25, -0.2) is 8.78 Å². The first-order valence-electron chi connectivity index (χ1n) is 5.76. The maximum absolute atomic E-state index is 13.5. The lowest BCUT2D eigenvalue weighted by atomic mass is 10.2. The molecule has 0 aromatic heterocycles. The van der Waals surface area contributed by atoms with Crippen molar-refractivity contribution in [1.82, 2.24) is 0 Å². The van der Waals surface area contributed by atoms with Crippen LogP contribution in [0.2, 0.25) is 0 Å². The molecule has 106 valence electrons. The first-order chi connectivity index (χ1) is 9.45. The normalized spacial score (nSPS) is 10.7. The molecule has 0 heterocycles. The predicted octanol–water partition coefficient (Wildman–Crippen LogP) is 3.62. The highest BCUT2D eigenvalue weighted by molar-refractivity contribution is 7.75. The Bertz CT molecular complexity index is 603. The van der Waals surface area contributed by atoms with E-state index >= 15 is 0 Å². The summed E-state index contributed by atoms with van der Waals surface area (Å²) < 4.78 is 48.2. The molecule has 0 saturated heterocycles. The first-order valence-corrected chi connectivity index (χ1v) is 6.76. The van der Waals surface area contributed by atoms with Gasteiger partial charge in [-0.2, -0.15) is 4.21 Å². The fourth-order valence-electron chi connectivity index (χ4n) is 1.51. The third kappa shape index (κ3) is 3.54. The van der Waals surface area contributed by atoms with Gasteiger partial charge in [0.25, 0.3) is 0 Å². The van der Waals surface area contributed by atoms with Crippen LogP contribution in [0, 0.1) is 25.5 Å². The maximum Gasteiger partial charge on any atom is 0.417 e. The fraction of sp³-hybridized carbons (Fsp3) is 0.143. The van der Waals surface area contributed by atoms with Crippen molar-refractivity contribution in [3.8, 4) is 11.5 Å². The molecule has 3 nitrogen and oxygen atoms in total. The predicted molar refractivity (Wildman–Crippen MR) is 71.7 cm³/mol. The minimum Gasteiger partial charge on any atom is -0.368 e. The molecule has 0 aliphatic heterocycles. The van der Waals surface area contributed by atoms with Gasteiger partial charge in [-0.15, -0.1) is 0 Å². The van der Waals surface area contributed by atoms with Crippen molar-refractivity contribution in [2.75, 3.05) is 0 Å². The van der Waals surface area contributed by atoms with E-state index in [1.807, 2.05) is 0 Å². The molecule has 20 heavy (non-hydrogen) atoms. The van der Waals surface area contributed by atoms with Crippen LogP contribution in [0.4, 0.5) is 8.78 Å². The first kappa shape index (κ1) is 14.5. The lowest BCUT2D eigenvalue weighted by Gasteiger charge is -2.08. The third-order valence-electron chi connectivity index (χ3n) is 2.49. The zero-order valence-electron chi connectivity index (χ0n) is 10.9. The van der Waals surface area contributed by atoms with E-state index < -0.39 is 23.0 Å². The molecule has 0 amide bonds. The lowest BCUT2D eigenvalue weighted by molar-refractivity contribution is 0.429. The highest BCUT2D eigenvalue weighted by Gasteiger charge is 2.13. The van der Waals surface area contributed by atoms with Crippen LogP contribution in [0.25, 0.3) is 0 Å². The van der Waals surface area contributed by atoms with Crippen molar-refractivity contribution >= 4 is 11.4 Å². The largest absolute Gasteiger partial charge is 0.417 e. The zero-order valence-corrected chi connectivity index (χ0v) is 11.7. The van der Waals surface area contributed by atoms with Gasteiger partial charge in [0, 0.05) is 0 Å². The van der Waals surface area contributed by atoms with Crippen molar-refractivity contribution in [3.05, 3.63) is 59.2 Å². The minimum absolute atomic E-state index is 0.221. The van der Waals surface area contributed by atoms with Crippen LogP contribution in [0.15, 0.2) is 36.4 Å². The average molecular weight is 298 g/mol. The smallest absolute Gasteiger partial charge is 0.368 e. The van der Waals surface area contributed by atoms with Gasteiger partial charge in [0.15, 0.2) is 23.1 Å². The summed E-state index contributed by atoms with van der Waals surface area (Å²) in [5.74, 6) is -1.76. The second kappa shape index (κ2) is 6.00. The van der Waals surface area contributed by atoms with E-state index in [9.17, 15) is 13.0 Å². The molecular formula is C14H12F2O3S. The molecule has 2 aromatic carbocycles. The number of aryl methyl sites for hydroxylation is 2. The van der Waals surface area contributed by atoms with Crippen molar-refractivity contribution < 1.29 is 21.4 Å². The SMILES string of the molecule is Cc1ccc(OS(=O)Oc2ccc(C)cc2F)c(F)c1. The zero-order chi connectivity index (χ0) is 14.7. The van der Waals surface area contributed by atoms with E-state index in [1.54, 1.807) is 26.0 Å².